The quantitative estimate of drug-likeness (QED) is 0.831. The summed E-state index contributed by atoms with van der Waals surface area (Å²) in [6.07, 6.45) is 5.52. The van der Waals surface area contributed by atoms with Crippen molar-refractivity contribution < 1.29 is 9.84 Å². The number of hydrogen-bond acceptors (Lipinski definition) is 3. The fourth-order valence-electron chi connectivity index (χ4n) is 3.23. The lowest BCUT2D eigenvalue weighted by atomic mass is 10.1. The second-order valence-corrected chi connectivity index (χ2v) is 6.27. The summed E-state index contributed by atoms with van der Waals surface area (Å²) in [6, 6.07) is 6.96. The largest absolute Gasteiger partial charge is 0.491 e. The molecule has 0 spiro atoms. The van der Waals surface area contributed by atoms with Crippen molar-refractivity contribution >= 4 is 0 Å². The summed E-state index contributed by atoms with van der Waals surface area (Å²) >= 11 is 0. The standard InChI is InChI=1S/C18H29NO2/c1-4-19(17-7-5-6-8-17)12-15-9-10-18(21-14(2)3)16(11-15)13-20/h9-11,14,17,20H,4-8,12-13H2,1-3H3. The van der Waals surface area contributed by atoms with Gasteiger partial charge in [0.2, 0.25) is 0 Å². The molecule has 0 atom stereocenters. The molecule has 1 aliphatic carbocycles. The molecule has 1 aromatic rings. The monoisotopic (exact) mass is 291 g/mol. The lowest BCUT2D eigenvalue weighted by molar-refractivity contribution is 0.199. The Labute approximate surface area is 128 Å². The first-order chi connectivity index (χ1) is 10.1. The fraction of sp³-hybridized carbons (Fsp3) is 0.667. The van der Waals surface area contributed by atoms with Crippen LogP contribution in [0.15, 0.2) is 18.2 Å². The third-order valence-corrected chi connectivity index (χ3v) is 4.29. The molecule has 118 valence electrons. The van der Waals surface area contributed by atoms with Gasteiger partial charge >= 0.3 is 0 Å². The Morgan fingerprint density at radius 1 is 1.29 bits per heavy atom. The summed E-state index contributed by atoms with van der Waals surface area (Å²) in [5, 5.41) is 9.57. The smallest absolute Gasteiger partial charge is 0.125 e. The molecule has 3 heteroatoms. The van der Waals surface area contributed by atoms with Gasteiger partial charge in [0, 0.05) is 18.2 Å². The maximum Gasteiger partial charge on any atom is 0.125 e. The van der Waals surface area contributed by atoms with Gasteiger partial charge < -0.3 is 9.84 Å². The Kier molecular flexibility index (Phi) is 6.07. The van der Waals surface area contributed by atoms with Gasteiger partial charge in [-0.1, -0.05) is 25.8 Å². The number of rotatable bonds is 7. The molecule has 1 saturated carbocycles. The minimum atomic E-state index is 0.0332. The number of aliphatic hydroxyl groups excluding tert-OH is 1. The highest BCUT2D eigenvalue weighted by atomic mass is 16.5. The molecule has 0 unspecified atom stereocenters. The molecule has 0 bridgehead atoms. The molecule has 0 amide bonds. The van der Waals surface area contributed by atoms with Gasteiger partial charge in [-0.25, -0.2) is 0 Å². The summed E-state index contributed by atoms with van der Waals surface area (Å²) in [7, 11) is 0. The zero-order valence-corrected chi connectivity index (χ0v) is 13.6. The van der Waals surface area contributed by atoms with E-state index < -0.39 is 0 Å². The van der Waals surface area contributed by atoms with E-state index >= 15 is 0 Å². The fourth-order valence-corrected chi connectivity index (χ4v) is 3.23. The summed E-state index contributed by atoms with van der Waals surface area (Å²) in [6.45, 7) is 8.34. The lowest BCUT2D eigenvalue weighted by Gasteiger charge is -2.27. The first-order valence-electron chi connectivity index (χ1n) is 8.27. The van der Waals surface area contributed by atoms with Gasteiger partial charge in [-0.15, -0.1) is 0 Å². The SMILES string of the molecule is CCN(Cc1ccc(OC(C)C)c(CO)c1)C1CCCC1. The molecule has 0 radical (unpaired) electrons. The second kappa shape index (κ2) is 7.81. The van der Waals surface area contributed by atoms with Gasteiger partial charge in [0.05, 0.1) is 12.7 Å². The zero-order chi connectivity index (χ0) is 15.2. The third-order valence-electron chi connectivity index (χ3n) is 4.29. The predicted octanol–water partition coefficient (Wildman–Crippen LogP) is 3.73. The van der Waals surface area contributed by atoms with E-state index in [0.717, 1.165) is 30.4 Å². The maximum atomic E-state index is 9.57. The first kappa shape index (κ1) is 16.3. The molecule has 21 heavy (non-hydrogen) atoms. The maximum absolute atomic E-state index is 9.57. The molecule has 0 aromatic heterocycles. The van der Waals surface area contributed by atoms with Crippen LogP contribution in [0.2, 0.25) is 0 Å². The van der Waals surface area contributed by atoms with Crippen LogP contribution in [0.1, 0.15) is 57.6 Å². The van der Waals surface area contributed by atoms with Gasteiger partial charge in [0.25, 0.3) is 0 Å². The van der Waals surface area contributed by atoms with Crippen LogP contribution in [0, 0.1) is 0 Å². The molecular weight excluding hydrogens is 262 g/mol. The molecule has 1 aromatic carbocycles. The lowest BCUT2D eigenvalue weighted by Crippen LogP contribution is -2.32. The Bertz CT molecular complexity index is 439. The molecule has 0 aliphatic heterocycles. The normalized spacial score (nSPS) is 16.1. The van der Waals surface area contributed by atoms with Crippen molar-refractivity contribution in [2.45, 2.75) is 71.8 Å². The van der Waals surface area contributed by atoms with E-state index in [4.69, 9.17) is 4.74 Å². The van der Waals surface area contributed by atoms with E-state index in [1.54, 1.807) is 0 Å². The highest BCUT2D eigenvalue weighted by Gasteiger charge is 2.21. The molecule has 1 N–H and O–H groups in total. The van der Waals surface area contributed by atoms with Crippen LogP contribution in [0.4, 0.5) is 0 Å². The first-order valence-corrected chi connectivity index (χ1v) is 8.27. The van der Waals surface area contributed by atoms with Crippen LogP contribution < -0.4 is 4.74 Å². The number of hydrogen-bond donors (Lipinski definition) is 1. The van der Waals surface area contributed by atoms with Crippen molar-refractivity contribution in [2.24, 2.45) is 0 Å². The Hall–Kier alpha value is -1.06. The summed E-state index contributed by atoms with van der Waals surface area (Å²) < 4.78 is 5.75. The third kappa shape index (κ3) is 4.45. The van der Waals surface area contributed by atoms with Crippen LogP contribution in [0.3, 0.4) is 0 Å². The Balaban J connectivity index is 2.08. The Morgan fingerprint density at radius 3 is 2.57 bits per heavy atom. The zero-order valence-electron chi connectivity index (χ0n) is 13.6. The molecule has 1 aliphatic rings. The van der Waals surface area contributed by atoms with Crippen molar-refractivity contribution in [1.82, 2.24) is 4.90 Å². The van der Waals surface area contributed by atoms with Crippen molar-refractivity contribution in [2.75, 3.05) is 6.54 Å². The van der Waals surface area contributed by atoms with E-state index in [1.165, 1.54) is 31.2 Å². The topological polar surface area (TPSA) is 32.7 Å². The molecule has 3 nitrogen and oxygen atoms in total. The highest BCUT2D eigenvalue weighted by Crippen LogP contribution is 2.26. The van der Waals surface area contributed by atoms with Gasteiger partial charge in [-0.2, -0.15) is 0 Å². The Morgan fingerprint density at radius 2 is 2.00 bits per heavy atom. The van der Waals surface area contributed by atoms with Gasteiger partial charge in [-0.05, 0) is 50.9 Å². The minimum absolute atomic E-state index is 0.0332. The van der Waals surface area contributed by atoms with Crippen LogP contribution in [0.5, 0.6) is 5.75 Å². The molecule has 0 saturated heterocycles. The van der Waals surface area contributed by atoms with Gasteiger partial charge in [0.1, 0.15) is 5.75 Å². The van der Waals surface area contributed by atoms with Crippen LogP contribution >= 0.6 is 0 Å². The van der Waals surface area contributed by atoms with E-state index in [0.29, 0.717) is 0 Å². The number of benzene rings is 1. The van der Waals surface area contributed by atoms with Crippen molar-refractivity contribution in [3.63, 3.8) is 0 Å². The second-order valence-electron chi connectivity index (χ2n) is 6.27. The van der Waals surface area contributed by atoms with E-state index in [-0.39, 0.29) is 12.7 Å². The molecule has 0 heterocycles. The summed E-state index contributed by atoms with van der Waals surface area (Å²) in [5.41, 5.74) is 2.16. The van der Waals surface area contributed by atoms with Crippen molar-refractivity contribution in [3.8, 4) is 5.75 Å². The van der Waals surface area contributed by atoms with Crippen LogP contribution in [-0.2, 0) is 13.2 Å². The van der Waals surface area contributed by atoms with E-state index in [2.05, 4.69) is 24.0 Å². The minimum Gasteiger partial charge on any atom is -0.491 e. The average molecular weight is 291 g/mol. The molecule has 2 rings (SSSR count). The van der Waals surface area contributed by atoms with Crippen molar-refractivity contribution in [3.05, 3.63) is 29.3 Å². The van der Waals surface area contributed by atoms with Gasteiger partial charge in [-0.3, -0.25) is 4.90 Å². The van der Waals surface area contributed by atoms with Crippen LogP contribution in [-0.4, -0.2) is 28.7 Å². The average Bonchev–Trinajstić information content (AvgIpc) is 2.99. The number of nitrogens with zero attached hydrogens (tertiary/aromatic N) is 1. The molecule has 1 fully saturated rings. The highest BCUT2D eigenvalue weighted by molar-refractivity contribution is 5.37. The summed E-state index contributed by atoms with van der Waals surface area (Å²) in [4.78, 5) is 2.56. The van der Waals surface area contributed by atoms with Crippen molar-refractivity contribution in [1.29, 1.82) is 0 Å². The van der Waals surface area contributed by atoms with Crippen LogP contribution in [0.25, 0.3) is 0 Å². The molecular formula is C18H29NO2. The van der Waals surface area contributed by atoms with E-state index in [1.807, 2.05) is 19.9 Å². The number of ether oxygens (including phenoxy) is 1. The predicted molar refractivity (Wildman–Crippen MR) is 86.5 cm³/mol. The summed E-state index contributed by atoms with van der Waals surface area (Å²) in [5.74, 6) is 0.806. The number of aliphatic hydroxyl groups is 1. The van der Waals surface area contributed by atoms with E-state index in [9.17, 15) is 5.11 Å². The van der Waals surface area contributed by atoms with Gasteiger partial charge in [0.15, 0.2) is 0 Å².